The molecule has 0 radical (unpaired) electrons. The number of hydrogen-bond acceptors (Lipinski definition) is 6. The van der Waals surface area contributed by atoms with Crippen LogP contribution in [0, 0.1) is 0 Å². The maximum atomic E-state index is 12.6. The fourth-order valence-corrected chi connectivity index (χ4v) is 4.11. The maximum absolute atomic E-state index is 12.6. The van der Waals surface area contributed by atoms with E-state index in [2.05, 4.69) is 15.3 Å². The number of carbonyl (C=O) groups excluding carboxylic acids is 2. The maximum Gasteiger partial charge on any atom is 0.251 e. The van der Waals surface area contributed by atoms with Crippen LogP contribution in [0.1, 0.15) is 47.4 Å². The number of ketones is 1. The van der Waals surface area contributed by atoms with Crippen molar-refractivity contribution >= 4 is 34.8 Å². The van der Waals surface area contributed by atoms with Crippen LogP contribution in [-0.4, -0.2) is 26.9 Å². The van der Waals surface area contributed by atoms with E-state index in [4.69, 9.17) is 0 Å². The molecule has 1 unspecified atom stereocenters. The van der Waals surface area contributed by atoms with Crippen LogP contribution in [0.15, 0.2) is 28.2 Å². The third-order valence-corrected chi connectivity index (χ3v) is 5.44. The van der Waals surface area contributed by atoms with E-state index in [1.807, 2.05) is 13.0 Å². The smallest absolute Gasteiger partial charge is 0.251 e. The lowest BCUT2D eigenvalue weighted by atomic mass is 10.2. The minimum absolute atomic E-state index is 0.0207. The van der Waals surface area contributed by atoms with E-state index in [1.165, 1.54) is 36.1 Å². The highest BCUT2D eigenvalue weighted by Crippen LogP contribution is 2.25. The first-order valence-corrected chi connectivity index (χ1v) is 9.73. The predicted molar refractivity (Wildman–Crippen MR) is 100 cm³/mol. The highest BCUT2D eigenvalue weighted by Gasteiger charge is 2.20. The molecule has 2 aromatic rings. The second kappa shape index (κ2) is 8.96. The summed E-state index contributed by atoms with van der Waals surface area (Å²) in [5.74, 6) is -0.125. The molecular formula is C17H21N3O3S2. The molecule has 0 saturated carbocycles. The Bertz CT molecular complexity index is 813. The largest absolute Gasteiger partial charge is 0.351 e. The number of rotatable bonds is 8. The zero-order chi connectivity index (χ0) is 18.4. The Balaban J connectivity index is 2.05. The number of thiophene rings is 1. The average Bonchev–Trinajstić information content (AvgIpc) is 3.00. The zero-order valence-electron chi connectivity index (χ0n) is 14.4. The van der Waals surface area contributed by atoms with Crippen LogP contribution in [0.2, 0.25) is 0 Å². The lowest BCUT2D eigenvalue weighted by Gasteiger charge is -2.09. The predicted octanol–water partition coefficient (Wildman–Crippen LogP) is 2.78. The minimum Gasteiger partial charge on any atom is -0.351 e. The van der Waals surface area contributed by atoms with Crippen molar-refractivity contribution in [1.29, 1.82) is 0 Å². The fraction of sp³-hybridized carbons (Fsp3) is 0.412. The Morgan fingerprint density at radius 1 is 1.40 bits per heavy atom. The normalized spacial score (nSPS) is 12.0. The van der Waals surface area contributed by atoms with Crippen molar-refractivity contribution in [3.8, 4) is 0 Å². The van der Waals surface area contributed by atoms with E-state index in [0.717, 1.165) is 23.4 Å². The lowest BCUT2D eigenvalue weighted by molar-refractivity contribution is -0.119. The van der Waals surface area contributed by atoms with E-state index in [1.54, 1.807) is 13.0 Å². The first-order chi connectivity index (χ1) is 11.9. The van der Waals surface area contributed by atoms with E-state index in [0.29, 0.717) is 16.6 Å². The van der Waals surface area contributed by atoms with Crippen LogP contribution in [0.25, 0.3) is 0 Å². The molecule has 0 aliphatic carbocycles. The molecule has 0 fully saturated rings. The monoisotopic (exact) mass is 379 g/mol. The molecular weight excluding hydrogens is 358 g/mol. The number of nitrogens with one attached hydrogen (secondary N) is 2. The molecule has 2 rings (SSSR count). The standard InChI is InChI=1S/C17H21N3O3S2/c1-4-5-12-8-15(22)20-17(19-12)24-10(2)16(23)14-7-6-13(25-14)9-18-11(3)21/h6-8,10H,4-5,9H2,1-3H3,(H,18,21)(H,19,20,22). The third kappa shape index (κ3) is 5.82. The van der Waals surface area contributed by atoms with E-state index in [9.17, 15) is 14.4 Å². The number of H-pyrrole nitrogens is 1. The molecule has 2 aromatic heterocycles. The van der Waals surface area contributed by atoms with Crippen molar-refractivity contribution in [2.75, 3.05) is 0 Å². The van der Waals surface area contributed by atoms with Gasteiger partial charge in [0.2, 0.25) is 5.91 Å². The van der Waals surface area contributed by atoms with Crippen LogP contribution in [-0.2, 0) is 17.8 Å². The summed E-state index contributed by atoms with van der Waals surface area (Å²) < 4.78 is 0. The van der Waals surface area contributed by atoms with Crippen LogP contribution in [0.5, 0.6) is 0 Å². The van der Waals surface area contributed by atoms with Gasteiger partial charge in [0, 0.05) is 23.6 Å². The van der Waals surface area contributed by atoms with Gasteiger partial charge in [-0.15, -0.1) is 11.3 Å². The van der Waals surface area contributed by atoms with Gasteiger partial charge in [0.05, 0.1) is 16.7 Å². The quantitative estimate of drug-likeness (QED) is 0.418. The van der Waals surface area contributed by atoms with Gasteiger partial charge in [-0.25, -0.2) is 4.98 Å². The summed E-state index contributed by atoms with van der Waals surface area (Å²) in [4.78, 5) is 43.9. The first-order valence-electron chi connectivity index (χ1n) is 8.03. The third-order valence-electron chi connectivity index (χ3n) is 3.35. The van der Waals surface area contributed by atoms with E-state index < -0.39 is 0 Å². The minimum atomic E-state index is -0.368. The van der Waals surface area contributed by atoms with Gasteiger partial charge >= 0.3 is 0 Å². The molecule has 134 valence electrons. The number of nitrogens with zero attached hydrogens (tertiary/aromatic N) is 1. The van der Waals surface area contributed by atoms with Crippen molar-refractivity contribution in [3.63, 3.8) is 0 Å². The number of aryl methyl sites for hydroxylation is 1. The molecule has 2 N–H and O–H groups in total. The van der Waals surface area contributed by atoms with Crippen LogP contribution in [0.4, 0.5) is 0 Å². The van der Waals surface area contributed by atoms with E-state index >= 15 is 0 Å². The number of amides is 1. The van der Waals surface area contributed by atoms with Crippen LogP contribution in [0.3, 0.4) is 0 Å². The molecule has 0 saturated heterocycles. The Hall–Kier alpha value is -1.93. The summed E-state index contributed by atoms with van der Waals surface area (Å²) in [6.45, 7) is 5.70. The molecule has 1 amide bonds. The molecule has 0 spiro atoms. The lowest BCUT2D eigenvalue weighted by Crippen LogP contribution is -2.18. The average molecular weight is 380 g/mol. The van der Waals surface area contributed by atoms with Crippen molar-refractivity contribution in [2.24, 2.45) is 0 Å². The highest BCUT2D eigenvalue weighted by atomic mass is 32.2. The zero-order valence-corrected chi connectivity index (χ0v) is 16.1. The molecule has 8 heteroatoms. The van der Waals surface area contributed by atoms with Gasteiger partial charge in [0.25, 0.3) is 5.56 Å². The number of thioether (sulfide) groups is 1. The first kappa shape index (κ1) is 19.4. The highest BCUT2D eigenvalue weighted by molar-refractivity contribution is 8.00. The van der Waals surface area contributed by atoms with Crippen molar-refractivity contribution in [1.82, 2.24) is 15.3 Å². The fourth-order valence-electron chi connectivity index (χ4n) is 2.16. The molecule has 25 heavy (non-hydrogen) atoms. The molecule has 0 aliphatic rings. The van der Waals surface area contributed by atoms with Gasteiger partial charge in [0.1, 0.15) is 0 Å². The number of Topliss-reactive ketones (excluding diaryl/α,β-unsaturated/α-hetero) is 1. The van der Waals surface area contributed by atoms with Gasteiger partial charge < -0.3 is 10.3 Å². The van der Waals surface area contributed by atoms with Gasteiger partial charge in [-0.1, -0.05) is 25.1 Å². The van der Waals surface area contributed by atoms with Gasteiger partial charge in [0.15, 0.2) is 10.9 Å². The SMILES string of the molecule is CCCc1cc(=O)[nH]c(SC(C)C(=O)c2ccc(CNC(C)=O)s2)n1. The molecule has 0 aromatic carbocycles. The summed E-state index contributed by atoms with van der Waals surface area (Å²) in [6.07, 6.45) is 1.64. The van der Waals surface area contributed by atoms with E-state index in [-0.39, 0.29) is 22.5 Å². The van der Waals surface area contributed by atoms with Crippen LogP contribution >= 0.6 is 23.1 Å². The summed E-state index contributed by atoms with van der Waals surface area (Å²) >= 11 is 2.62. The topological polar surface area (TPSA) is 91.9 Å². The molecule has 0 bridgehead atoms. The van der Waals surface area contributed by atoms with Crippen molar-refractivity contribution in [2.45, 2.75) is 50.6 Å². The molecule has 6 nitrogen and oxygen atoms in total. The Morgan fingerprint density at radius 2 is 2.16 bits per heavy atom. The summed E-state index contributed by atoms with van der Waals surface area (Å²) in [6, 6.07) is 5.10. The van der Waals surface area contributed by atoms with Crippen molar-refractivity contribution in [3.05, 3.63) is 44.0 Å². The van der Waals surface area contributed by atoms with Gasteiger partial charge in [-0.2, -0.15) is 0 Å². The Kier molecular flexibility index (Phi) is 6.95. The number of hydrogen-bond donors (Lipinski definition) is 2. The Morgan fingerprint density at radius 3 is 2.84 bits per heavy atom. The summed E-state index contributed by atoms with van der Waals surface area (Å²) in [7, 11) is 0. The van der Waals surface area contributed by atoms with Gasteiger partial charge in [-0.3, -0.25) is 14.4 Å². The number of aromatic amines is 1. The molecule has 0 aliphatic heterocycles. The molecule has 2 heterocycles. The van der Waals surface area contributed by atoms with Crippen LogP contribution < -0.4 is 10.9 Å². The van der Waals surface area contributed by atoms with Gasteiger partial charge in [-0.05, 0) is 25.5 Å². The summed E-state index contributed by atoms with van der Waals surface area (Å²) in [5.41, 5.74) is 0.538. The second-order valence-electron chi connectivity index (χ2n) is 5.59. The second-order valence-corrected chi connectivity index (χ2v) is 8.09. The molecule has 1 atom stereocenters. The van der Waals surface area contributed by atoms with Crippen molar-refractivity contribution < 1.29 is 9.59 Å². The number of carbonyl (C=O) groups is 2. The number of aromatic nitrogens is 2. The summed E-state index contributed by atoms with van der Waals surface area (Å²) in [5, 5.41) is 2.81. The Labute approximate surface area is 154 Å².